The maximum atomic E-state index is 10.2. The summed E-state index contributed by atoms with van der Waals surface area (Å²) in [6.07, 6.45) is 0. The van der Waals surface area contributed by atoms with Crippen LogP contribution in [-0.4, -0.2) is 20.1 Å². The van der Waals surface area contributed by atoms with Gasteiger partial charge in [0, 0.05) is 12.1 Å². The Morgan fingerprint density at radius 2 is 1.50 bits per heavy atom. The first-order valence-corrected chi connectivity index (χ1v) is 5.68. The van der Waals surface area contributed by atoms with Gasteiger partial charge in [0.2, 0.25) is 0 Å². The maximum absolute atomic E-state index is 10.2. The van der Waals surface area contributed by atoms with E-state index in [4.69, 9.17) is 21.7 Å². The van der Waals surface area contributed by atoms with Crippen molar-refractivity contribution in [3.8, 4) is 11.5 Å². The van der Waals surface area contributed by atoms with Crippen molar-refractivity contribution in [1.29, 1.82) is 0 Å². The summed E-state index contributed by atoms with van der Waals surface area (Å²) in [4.78, 5) is 19.1. The first-order chi connectivity index (χ1) is 10.2. The Hall–Kier alpha value is -3.56. The molecule has 0 saturated heterocycles. The molecule has 0 fully saturated rings. The average molecular weight is 308 g/mol. The number of rotatable bonds is 2. The molecule has 0 amide bonds. The first kappa shape index (κ1) is 16.5. The van der Waals surface area contributed by atoms with E-state index in [0.29, 0.717) is 0 Å². The molecule has 0 aliphatic heterocycles. The van der Waals surface area contributed by atoms with Gasteiger partial charge >= 0.3 is 0 Å². The summed E-state index contributed by atoms with van der Waals surface area (Å²) in [6.45, 7) is 0. The Kier molecular flexibility index (Phi) is 5.06. The van der Waals surface area contributed by atoms with Crippen LogP contribution >= 0.6 is 0 Å². The maximum Gasteiger partial charge on any atom is 0.295 e. The van der Waals surface area contributed by atoms with E-state index in [2.05, 4.69) is 0 Å². The molecule has 22 heavy (non-hydrogen) atoms. The Morgan fingerprint density at radius 1 is 0.864 bits per heavy atom. The molecule has 10 heteroatoms. The fourth-order valence-corrected chi connectivity index (χ4v) is 1.35. The van der Waals surface area contributed by atoms with Gasteiger partial charge in [0.15, 0.2) is 0 Å². The lowest BCUT2D eigenvalue weighted by atomic mass is 10.2. The molecular weight excluding hydrogens is 296 g/mol. The van der Waals surface area contributed by atoms with Crippen LogP contribution in [-0.2, 0) is 0 Å². The highest BCUT2D eigenvalue weighted by Gasteiger charge is 2.10. The SMILES string of the molecule is Nc1cc([N+](=O)[O-])ccc1O.Nc1ccc(O)cc1[N+](=O)[O-]. The normalized spacial score (nSPS) is 9.45. The molecule has 2 aromatic carbocycles. The Labute approximate surface area is 123 Å². The summed E-state index contributed by atoms with van der Waals surface area (Å²) in [5.41, 5.74) is 10.1. The number of nitrogens with zero attached hydrogens (tertiary/aromatic N) is 2. The van der Waals surface area contributed by atoms with Gasteiger partial charge in [-0.2, -0.15) is 0 Å². The lowest BCUT2D eigenvalue weighted by molar-refractivity contribution is -0.384. The molecule has 0 saturated carbocycles. The molecule has 0 unspecified atom stereocenters. The lowest BCUT2D eigenvalue weighted by Crippen LogP contribution is -1.94. The number of aromatic hydroxyl groups is 2. The second kappa shape index (κ2) is 6.74. The minimum absolute atomic E-state index is 0.0131. The van der Waals surface area contributed by atoms with Gasteiger partial charge in [0.1, 0.15) is 17.2 Å². The predicted octanol–water partition coefficient (Wildman–Crippen LogP) is 1.77. The Morgan fingerprint density at radius 3 is 1.95 bits per heavy atom. The molecule has 2 aromatic rings. The third-order valence-corrected chi connectivity index (χ3v) is 2.43. The van der Waals surface area contributed by atoms with E-state index in [0.717, 1.165) is 12.1 Å². The van der Waals surface area contributed by atoms with Crippen molar-refractivity contribution in [1.82, 2.24) is 0 Å². The van der Waals surface area contributed by atoms with Gasteiger partial charge in [-0.05, 0) is 18.2 Å². The van der Waals surface area contributed by atoms with Crippen molar-refractivity contribution < 1.29 is 20.1 Å². The standard InChI is InChI=1S/2C6H6N2O3/c7-5-3-4(8(10)11)1-2-6(5)9;7-5-2-1-4(9)3-6(5)8(10)11/h2*1-3,9H,7H2. The highest BCUT2D eigenvalue weighted by atomic mass is 16.6. The summed E-state index contributed by atoms with van der Waals surface area (Å²) in [6, 6.07) is 7.07. The van der Waals surface area contributed by atoms with Crippen molar-refractivity contribution in [3.05, 3.63) is 56.6 Å². The largest absolute Gasteiger partial charge is 0.508 e. The number of nitrogen functional groups attached to an aromatic ring is 2. The molecule has 6 N–H and O–H groups in total. The van der Waals surface area contributed by atoms with Crippen LogP contribution in [0.1, 0.15) is 0 Å². The van der Waals surface area contributed by atoms with Gasteiger partial charge in [-0.15, -0.1) is 0 Å². The fraction of sp³-hybridized carbons (Fsp3) is 0. The third-order valence-electron chi connectivity index (χ3n) is 2.43. The minimum atomic E-state index is -0.644. The van der Waals surface area contributed by atoms with E-state index >= 15 is 0 Å². The number of non-ortho nitro benzene ring substituents is 1. The molecule has 0 radical (unpaired) electrons. The van der Waals surface area contributed by atoms with Crippen molar-refractivity contribution in [2.24, 2.45) is 0 Å². The van der Waals surface area contributed by atoms with Gasteiger partial charge in [-0.1, -0.05) is 0 Å². The second-order valence-electron chi connectivity index (χ2n) is 4.00. The van der Waals surface area contributed by atoms with Crippen LogP contribution in [0.5, 0.6) is 11.5 Å². The minimum Gasteiger partial charge on any atom is -0.508 e. The van der Waals surface area contributed by atoms with Crippen molar-refractivity contribution in [2.45, 2.75) is 0 Å². The molecule has 0 atom stereocenters. The smallest absolute Gasteiger partial charge is 0.295 e. The van der Waals surface area contributed by atoms with Crippen molar-refractivity contribution in [3.63, 3.8) is 0 Å². The zero-order chi connectivity index (χ0) is 16.9. The number of anilines is 2. The molecule has 116 valence electrons. The number of nitro groups is 2. The van der Waals surface area contributed by atoms with E-state index in [-0.39, 0.29) is 34.2 Å². The highest BCUT2D eigenvalue weighted by Crippen LogP contribution is 2.25. The van der Waals surface area contributed by atoms with Gasteiger partial charge in [-0.3, -0.25) is 20.2 Å². The van der Waals surface area contributed by atoms with Gasteiger partial charge < -0.3 is 21.7 Å². The lowest BCUT2D eigenvalue weighted by Gasteiger charge is -1.96. The van der Waals surface area contributed by atoms with Crippen LogP contribution in [0.3, 0.4) is 0 Å². The van der Waals surface area contributed by atoms with Crippen LogP contribution in [0.25, 0.3) is 0 Å². The summed E-state index contributed by atoms with van der Waals surface area (Å²) in [5, 5.41) is 38.0. The Bertz CT molecular complexity index is 719. The Balaban J connectivity index is 0.000000220. The van der Waals surface area contributed by atoms with Gasteiger partial charge in [0.05, 0.1) is 21.6 Å². The summed E-state index contributed by atoms with van der Waals surface area (Å²) in [5.74, 6) is -0.304. The quantitative estimate of drug-likeness (QED) is 0.213. The summed E-state index contributed by atoms with van der Waals surface area (Å²) < 4.78 is 0. The molecule has 2 rings (SSSR count). The number of benzene rings is 2. The monoisotopic (exact) mass is 308 g/mol. The number of nitrogens with two attached hydrogens (primary N) is 2. The van der Waals surface area contributed by atoms with E-state index in [1.165, 1.54) is 24.3 Å². The zero-order valence-corrected chi connectivity index (χ0v) is 11.0. The number of phenols is 2. The molecule has 10 nitrogen and oxygen atoms in total. The number of hydrogen-bond donors (Lipinski definition) is 4. The van der Waals surface area contributed by atoms with Crippen LogP contribution < -0.4 is 11.5 Å². The topological polar surface area (TPSA) is 179 Å². The summed E-state index contributed by atoms with van der Waals surface area (Å²) in [7, 11) is 0. The number of hydrogen-bond acceptors (Lipinski definition) is 8. The average Bonchev–Trinajstić information content (AvgIpc) is 2.44. The van der Waals surface area contributed by atoms with Gasteiger partial charge in [0.25, 0.3) is 11.4 Å². The third kappa shape index (κ3) is 4.23. The van der Waals surface area contributed by atoms with Crippen LogP contribution in [0.2, 0.25) is 0 Å². The molecular formula is C12H12N4O6. The van der Waals surface area contributed by atoms with Crippen LogP contribution in [0.15, 0.2) is 36.4 Å². The second-order valence-corrected chi connectivity index (χ2v) is 4.00. The van der Waals surface area contributed by atoms with Crippen molar-refractivity contribution in [2.75, 3.05) is 11.5 Å². The molecule has 0 bridgehead atoms. The van der Waals surface area contributed by atoms with Gasteiger partial charge in [-0.25, -0.2) is 0 Å². The van der Waals surface area contributed by atoms with E-state index < -0.39 is 9.85 Å². The fourth-order valence-electron chi connectivity index (χ4n) is 1.35. The van der Waals surface area contributed by atoms with E-state index in [1.807, 2.05) is 0 Å². The molecule has 0 aliphatic carbocycles. The summed E-state index contributed by atoms with van der Waals surface area (Å²) >= 11 is 0. The molecule has 0 heterocycles. The number of nitro benzene ring substituents is 2. The predicted molar refractivity (Wildman–Crippen MR) is 78.3 cm³/mol. The zero-order valence-electron chi connectivity index (χ0n) is 11.0. The van der Waals surface area contributed by atoms with Crippen LogP contribution in [0.4, 0.5) is 22.7 Å². The first-order valence-electron chi connectivity index (χ1n) is 5.68. The molecule has 0 aliphatic rings. The molecule has 0 spiro atoms. The highest BCUT2D eigenvalue weighted by molar-refractivity contribution is 5.60. The van der Waals surface area contributed by atoms with E-state index in [9.17, 15) is 20.2 Å². The molecule has 0 aromatic heterocycles. The number of phenolic OH excluding ortho intramolecular Hbond substituents is 2. The van der Waals surface area contributed by atoms with Crippen LogP contribution in [0, 0.1) is 20.2 Å². The van der Waals surface area contributed by atoms with E-state index in [1.54, 1.807) is 0 Å². The van der Waals surface area contributed by atoms with Crippen molar-refractivity contribution >= 4 is 22.7 Å².